The van der Waals surface area contributed by atoms with Gasteiger partial charge in [0.15, 0.2) is 0 Å². The Balaban J connectivity index is 2.51. The standard InChI is InChI=1S/C19H33N3O/c1-5-22(6-2)17(12-15(3)4)14-21-19(23)13-18(20)16-10-8-7-9-11-16/h7-11,15,17-18H,5-6,12-14,20H2,1-4H3,(H,21,23). The zero-order chi connectivity index (χ0) is 17.2. The SMILES string of the molecule is CCN(CC)C(CNC(=O)CC(N)c1ccccc1)CC(C)C. The maximum Gasteiger partial charge on any atom is 0.221 e. The molecule has 0 radical (unpaired) electrons. The summed E-state index contributed by atoms with van der Waals surface area (Å²) in [6, 6.07) is 9.94. The van der Waals surface area contributed by atoms with Gasteiger partial charge in [0.2, 0.25) is 5.91 Å². The number of nitrogens with one attached hydrogen (secondary N) is 1. The van der Waals surface area contributed by atoms with Gasteiger partial charge in [-0.3, -0.25) is 9.69 Å². The molecule has 0 aliphatic carbocycles. The van der Waals surface area contributed by atoms with Crippen molar-refractivity contribution < 1.29 is 4.79 Å². The molecule has 4 nitrogen and oxygen atoms in total. The third-order valence-electron chi connectivity index (χ3n) is 4.24. The molecule has 1 aromatic carbocycles. The van der Waals surface area contributed by atoms with Crippen LogP contribution < -0.4 is 11.1 Å². The predicted octanol–water partition coefficient (Wildman–Crippen LogP) is 2.95. The van der Waals surface area contributed by atoms with Gasteiger partial charge in [-0.2, -0.15) is 0 Å². The summed E-state index contributed by atoms with van der Waals surface area (Å²) in [7, 11) is 0. The Morgan fingerprint density at radius 3 is 2.30 bits per heavy atom. The van der Waals surface area contributed by atoms with Crippen molar-refractivity contribution in [2.75, 3.05) is 19.6 Å². The highest BCUT2D eigenvalue weighted by molar-refractivity contribution is 5.76. The number of carbonyl (C=O) groups is 1. The average molecular weight is 319 g/mol. The maximum absolute atomic E-state index is 12.2. The van der Waals surface area contributed by atoms with Crippen LogP contribution in [0.3, 0.4) is 0 Å². The molecule has 0 bridgehead atoms. The van der Waals surface area contributed by atoms with Gasteiger partial charge in [-0.25, -0.2) is 0 Å². The summed E-state index contributed by atoms with van der Waals surface area (Å²) in [6.07, 6.45) is 1.42. The lowest BCUT2D eigenvalue weighted by Gasteiger charge is -2.31. The van der Waals surface area contributed by atoms with Crippen LogP contribution in [0.4, 0.5) is 0 Å². The Morgan fingerprint density at radius 2 is 1.78 bits per heavy atom. The molecule has 0 fully saturated rings. The van der Waals surface area contributed by atoms with Gasteiger partial charge in [0.1, 0.15) is 0 Å². The highest BCUT2D eigenvalue weighted by Gasteiger charge is 2.19. The van der Waals surface area contributed by atoms with Crippen molar-refractivity contribution in [3.63, 3.8) is 0 Å². The van der Waals surface area contributed by atoms with Crippen LogP contribution in [0, 0.1) is 5.92 Å². The van der Waals surface area contributed by atoms with E-state index in [1.165, 1.54) is 0 Å². The monoisotopic (exact) mass is 319 g/mol. The minimum atomic E-state index is -0.242. The zero-order valence-electron chi connectivity index (χ0n) is 15.1. The first-order chi connectivity index (χ1) is 11.0. The van der Waals surface area contributed by atoms with E-state index in [1.807, 2.05) is 30.3 Å². The van der Waals surface area contributed by atoms with Crippen LogP contribution in [0.1, 0.15) is 52.1 Å². The molecule has 0 aliphatic rings. The van der Waals surface area contributed by atoms with Gasteiger partial charge in [-0.1, -0.05) is 58.0 Å². The van der Waals surface area contributed by atoms with Crippen molar-refractivity contribution in [1.29, 1.82) is 0 Å². The quantitative estimate of drug-likeness (QED) is 0.697. The Hall–Kier alpha value is -1.39. The van der Waals surface area contributed by atoms with E-state index in [4.69, 9.17) is 5.73 Å². The summed E-state index contributed by atoms with van der Waals surface area (Å²) >= 11 is 0. The van der Waals surface area contributed by atoms with Gasteiger partial charge in [-0.15, -0.1) is 0 Å². The number of carbonyl (C=O) groups excluding carboxylic acids is 1. The third-order valence-corrected chi connectivity index (χ3v) is 4.24. The smallest absolute Gasteiger partial charge is 0.221 e. The van der Waals surface area contributed by atoms with Crippen LogP contribution >= 0.6 is 0 Å². The summed E-state index contributed by atoms with van der Waals surface area (Å²) in [4.78, 5) is 14.6. The molecule has 130 valence electrons. The van der Waals surface area contributed by atoms with Crippen molar-refractivity contribution in [1.82, 2.24) is 10.2 Å². The second-order valence-electron chi connectivity index (χ2n) is 6.53. The lowest BCUT2D eigenvalue weighted by atomic mass is 10.0. The molecule has 0 heterocycles. The van der Waals surface area contributed by atoms with Crippen molar-refractivity contribution in [3.8, 4) is 0 Å². The molecule has 0 spiro atoms. The number of hydrogen-bond donors (Lipinski definition) is 2. The normalized spacial score (nSPS) is 14.0. The molecule has 1 amide bonds. The lowest BCUT2D eigenvalue weighted by Crippen LogP contribution is -2.45. The number of amides is 1. The minimum Gasteiger partial charge on any atom is -0.354 e. The number of hydrogen-bond acceptors (Lipinski definition) is 3. The molecule has 2 unspecified atom stereocenters. The highest BCUT2D eigenvalue weighted by Crippen LogP contribution is 2.14. The summed E-state index contributed by atoms with van der Waals surface area (Å²) < 4.78 is 0. The molecule has 0 saturated heterocycles. The molecule has 0 aromatic heterocycles. The third kappa shape index (κ3) is 7.14. The first-order valence-electron chi connectivity index (χ1n) is 8.79. The first kappa shape index (κ1) is 19.7. The molecule has 0 aliphatic heterocycles. The summed E-state index contributed by atoms with van der Waals surface area (Å²) in [5, 5.41) is 3.08. The zero-order valence-corrected chi connectivity index (χ0v) is 15.1. The Labute approximate surface area is 141 Å². The van der Waals surface area contributed by atoms with Crippen LogP contribution in [0.15, 0.2) is 30.3 Å². The molecule has 23 heavy (non-hydrogen) atoms. The van der Waals surface area contributed by atoms with Gasteiger partial charge >= 0.3 is 0 Å². The van der Waals surface area contributed by atoms with Crippen molar-refractivity contribution in [2.24, 2.45) is 11.7 Å². The number of rotatable bonds is 10. The van der Waals surface area contributed by atoms with Crippen LogP contribution in [0.25, 0.3) is 0 Å². The summed E-state index contributed by atoms with van der Waals surface area (Å²) in [5.74, 6) is 0.645. The van der Waals surface area contributed by atoms with E-state index in [0.29, 0.717) is 24.9 Å². The molecule has 4 heteroatoms. The van der Waals surface area contributed by atoms with E-state index >= 15 is 0 Å². The molecular formula is C19H33N3O. The summed E-state index contributed by atoms with van der Waals surface area (Å²) in [5.41, 5.74) is 7.13. The lowest BCUT2D eigenvalue weighted by molar-refractivity contribution is -0.121. The van der Waals surface area contributed by atoms with Crippen molar-refractivity contribution in [3.05, 3.63) is 35.9 Å². The molecule has 3 N–H and O–H groups in total. The van der Waals surface area contributed by atoms with E-state index in [2.05, 4.69) is 37.9 Å². The van der Waals surface area contributed by atoms with E-state index in [-0.39, 0.29) is 11.9 Å². The second kappa shape index (κ2) is 10.4. The largest absolute Gasteiger partial charge is 0.354 e. The maximum atomic E-state index is 12.2. The minimum absolute atomic E-state index is 0.0299. The fraction of sp³-hybridized carbons (Fsp3) is 0.632. The molecule has 2 atom stereocenters. The van der Waals surface area contributed by atoms with Gasteiger partial charge in [0.25, 0.3) is 0 Å². The first-order valence-corrected chi connectivity index (χ1v) is 8.79. The van der Waals surface area contributed by atoms with Gasteiger partial charge < -0.3 is 11.1 Å². The van der Waals surface area contributed by atoms with E-state index < -0.39 is 0 Å². The highest BCUT2D eigenvalue weighted by atomic mass is 16.1. The molecular weight excluding hydrogens is 286 g/mol. The average Bonchev–Trinajstić information content (AvgIpc) is 2.53. The van der Waals surface area contributed by atoms with E-state index in [1.54, 1.807) is 0 Å². The fourth-order valence-electron chi connectivity index (χ4n) is 2.97. The Kier molecular flexibility index (Phi) is 8.89. The Morgan fingerprint density at radius 1 is 1.17 bits per heavy atom. The Bertz CT molecular complexity index is 443. The molecule has 0 saturated carbocycles. The summed E-state index contributed by atoms with van der Waals surface area (Å²) in [6.45, 7) is 11.5. The van der Waals surface area contributed by atoms with Crippen LogP contribution in [0.2, 0.25) is 0 Å². The topological polar surface area (TPSA) is 58.4 Å². The van der Waals surface area contributed by atoms with E-state index in [0.717, 1.165) is 25.1 Å². The van der Waals surface area contributed by atoms with Crippen LogP contribution in [0.5, 0.6) is 0 Å². The molecule has 1 rings (SSSR count). The number of nitrogens with two attached hydrogens (primary N) is 1. The van der Waals surface area contributed by atoms with Gasteiger partial charge in [-0.05, 0) is 31.0 Å². The fourth-order valence-corrected chi connectivity index (χ4v) is 2.97. The number of benzene rings is 1. The number of likely N-dealkylation sites (N-methyl/N-ethyl adjacent to an activating group) is 1. The van der Waals surface area contributed by atoms with Crippen molar-refractivity contribution >= 4 is 5.91 Å². The van der Waals surface area contributed by atoms with Gasteiger partial charge in [0.05, 0.1) is 0 Å². The van der Waals surface area contributed by atoms with Crippen LogP contribution in [-0.4, -0.2) is 36.5 Å². The number of nitrogens with zero attached hydrogens (tertiary/aromatic N) is 1. The van der Waals surface area contributed by atoms with Crippen LogP contribution in [-0.2, 0) is 4.79 Å². The van der Waals surface area contributed by atoms with Gasteiger partial charge in [0, 0.05) is 25.0 Å². The van der Waals surface area contributed by atoms with Crippen molar-refractivity contribution in [2.45, 2.75) is 52.6 Å². The second-order valence-corrected chi connectivity index (χ2v) is 6.53. The molecule has 1 aromatic rings. The predicted molar refractivity (Wildman–Crippen MR) is 97.2 cm³/mol. The van der Waals surface area contributed by atoms with E-state index in [9.17, 15) is 4.79 Å².